The van der Waals surface area contributed by atoms with E-state index in [1.807, 2.05) is 25.1 Å². The van der Waals surface area contributed by atoms with E-state index in [4.69, 9.17) is 49.4 Å². The maximum Gasteiger partial charge on any atom is 0.431 e. The highest BCUT2D eigenvalue weighted by molar-refractivity contribution is 7.91. The van der Waals surface area contributed by atoms with Gasteiger partial charge in [0.1, 0.15) is 17.0 Å². The Bertz CT molecular complexity index is 1570. The number of halogens is 3. The zero-order chi connectivity index (χ0) is 30.1. The third kappa shape index (κ3) is 5.69. The van der Waals surface area contributed by atoms with E-state index in [1.54, 1.807) is 32.9 Å². The molecule has 5 rings (SSSR count). The molecule has 3 aliphatic heterocycles. The van der Waals surface area contributed by atoms with Gasteiger partial charge in [-0.3, -0.25) is 4.79 Å². The third-order valence-electron chi connectivity index (χ3n) is 7.44. The molecule has 13 heteroatoms. The second kappa shape index (κ2) is 10.1. The summed E-state index contributed by atoms with van der Waals surface area (Å²) in [6, 6.07) is 9.20. The fraction of sp³-hybridized carbons (Fsp3) is 0.464. The van der Waals surface area contributed by atoms with Crippen LogP contribution in [0.3, 0.4) is 0 Å². The van der Waals surface area contributed by atoms with Crippen molar-refractivity contribution >= 4 is 62.4 Å². The van der Waals surface area contributed by atoms with Gasteiger partial charge in [-0.05, 0) is 68.1 Å². The molecule has 3 aliphatic rings. The molecule has 1 saturated heterocycles. The van der Waals surface area contributed by atoms with Gasteiger partial charge >= 0.3 is 6.09 Å². The van der Waals surface area contributed by atoms with Gasteiger partial charge in [0.15, 0.2) is 9.84 Å². The third-order valence-corrected chi connectivity index (χ3v) is 9.40. The molecule has 2 aromatic rings. The maximum atomic E-state index is 13.4. The van der Waals surface area contributed by atoms with Crippen molar-refractivity contribution in [2.75, 3.05) is 25.1 Å². The molecule has 0 radical (unpaired) electrons. The Morgan fingerprint density at radius 1 is 1.10 bits per heavy atom. The Labute approximate surface area is 254 Å². The first-order valence-electron chi connectivity index (χ1n) is 12.9. The van der Waals surface area contributed by atoms with Crippen LogP contribution in [0, 0.1) is 0 Å². The highest BCUT2D eigenvalue weighted by Crippen LogP contribution is 2.46. The number of benzene rings is 2. The second-order valence-electron chi connectivity index (χ2n) is 12.0. The molecule has 1 spiro atoms. The summed E-state index contributed by atoms with van der Waals surface area (Å²) in [4.78, 5) is 27.2. The number of carbonyl (C=O) groups is 2. The van der Waals surface area contributed by atoms with E-state index in [9.17, 15) is 18.0 Å². The Kier molecular flexibility index (Phi) is 7.43. The molecule has 0 saturated carbocycles. The van der Waals surface area contributed by atoms with Crippen LogP contribution in [-0.2, 0) is 41.9 Å². The summed E-state index contributed by atoms with van der Waals surface area (Å²) in [7, 11) is -3.42. The Balaban J connectivity index is 1.44. The number of amides is 2. The molecule has 1 atom stereocenters. The van der Waals surface area contributed by atoms with Crippen LogP contribution in [0.4, 0.5) is 4.79 Å². The van der Waals surface area contributed by atoms with Gasteiger partial charge in [0.25, 0.3) is 0 Å². The quantitative estimate of drug-likeness (QED) is 0.407. The van der Waals surface area contributed by atoms with Crippen molar-refractivity contribution in [1.29, 1.82) is 0 Å². The molecule has 2 amide bonds. The van der Waals surface area contributed by atoms with Crippen LogP contribution in [-0.4, -0.2) is 66.7 Å². The molecule has 0 bridgehead atoms. The van der Waals surface area contributed by atoms with Gasteiger partial charge in [0.2, 0.25) is 5.91 Å². The van der Waals surface area contributed by atoms with Crippen molar-refractivity contribution in [1.82, 2.24) is 9.91 Å². The highest BCUT2D eigenvalue weighted by atomic mass is 35.5. The van der Waals surface area contributed by atoms with Gasteiger partial charge in [-0.25, -0.2) is 13.2 Å². The smallest absolute Gasteiger partial charge is 0.431 e. The minimum atomic E-state index is -3.42. The van der Waals surface area contributed by atoms with E-state index in [2.05, 4.69) is 0 Å². The number of carbonyl (C=O) groups excluding carboxylic acids is 2. The second-order valence-corrected chi connectivity index (χ2v) is 15.4. The van der Waals surface area contributed by atoms with Gasteiger partial charge in [-0.15, -0.1) is 0 Å². The van der Waals surface area contributed by atoms with Gasteiger partial charge < -0.3 is 14.4 Å². The number of likely N-dealkylation sites (tertiary alicyclic amines) is 1. The molecule has 1 unspecified atom stereocenters. The van der Waals surface area contributed by atoms with Crippen LogP contribution in [0.2, 0.25) is 15.1 Å². The van der Waals surface area contributed by atoms with E-state index in [0.29, 0.717) is 24.3 Å². The predicted octanol–water partition coefficient (Wildman–Crippen LogP) is 5.52. The number of rotatable bonds is 4. The van der Waals surface area contributed by atoms with Crippen molar-refractivity contribution in [2.24, 2.45) is 5.10 Å². The summed E-state index contributed by atoms with van der Waals surface area (Å²) in [5.41, 5.74) is 1.62. The number of hydrogen-bond donors (Lipinski definition) is 0. The van der Waals surface area contributed by atoms with Crippen molar-refractivity contribution in [3.63, 3.8) is 0 Å². The minimum absolute atomic E-state index is 0.226. The maximum absolute atomic E-state index is 13.4. The van der Waals surface area contributed by atoms with Crippen molar-refractivity contribution in [2.45, 2.75) is 57.5 Å². The van der Waals surface area contributed by atoms with Crippen LogP contribution in [0.1, 0.15) is 56.4 Å². The van der Waals surface area contributed by atoms with E-state index in [1.165, 1.54) is 9.91 Å². The van der Waals surface area contributed by atoms with Crippen molar-refractivity contribution in [3.05, 3.63) is 67.7 Å². The Hall–Kier alpha value is -2.37. The van der Waals surface area contributed by atoms with Crippen LogP contribution < -0.4 is 0 Å². The van der Waals surface area contributed by atoms with Gasteiger partial charge in [0.05, 0.1) is 46.0 Å². The lowest BCUT2D eigenvalue weighted by Gasteiger charge is -2.47. The summed E-state index contributed by atoms with van der Waals surface area (Å²) >= 11 is 18.9. The van der Waals surface area contributed by atoms with E-state index in [0.717, 1.165) is 22.9 Å². The number of fused-ring (bicyclic) bond motifs is 2. The molecule has 0 aliphatic carbocycles. The first-order chi connectivity index (χ1) is 18.9. The summed E-state index contributed by atoms with van der Waals surface area (Å²) in [5, 5.41) is 6.80. The molecule has 1 fully saturated rings. The normalized spacial score (nSPS) is 21.5. The number of nitrogens with zero attached hydrogens (tertiary/aromatic N) is 3. The Morgan fingerprint density at radius 3 is 2.32 bits per heavy atom. The minimum Gasteiger partial charge on any atom is -0.442 e. The summed E-state index contributed by atoms with van der Waals surface area (Å²) in [5.74, 6) is -0.956. The number of hydrogen-bond acceptors (Lipinski definition) is 7. The molecule has 41 heavy (non-hydrogen) atoms. The molecular weight excluding hydrogens is 613 g/mol. The van der Waals surface area contributed by atoms with Gasteiger partial charge in [0, 0.05) is 12.7 Å². The van der Waals surface area contributed by atoms with E-state index >= 15 is 0 Å². The first-order valence-corrected chi connectivity index (χ1v) is 16.1. The van der Waals surface area contributed by atoms with E-state index < -0.39 is 44.3 Å². The van der Waals surface area contributed by atoms with Gasteiger partial charge in [-0.2, -0.15) is 10.1 Å². The van der Waals surface area contributed by atoms with Crippen LogP contribution in [0.15, 0.2) is 35.4 Å². The number of ether oxygens (including phenoxy) is 2. The monoisotopic (exact) mass is 641 g/mol. The lowest BCUT2D eigenvalue weighted by Crippen LogP contribution is -2.62. The first kappa shape index (κ1) is 30.1. The standard InChI is InChI=1S/C28H30Cl3N3O6S/c1-26(2,3)40-25(36)34-27(4,18-9-20(29)24(31)21(30)10-18)11-22(32-34)16-6-7-19-17(8-16)12-39-28(19)14-33(15-28)23(35)13-41(5,37)38/h6-10H,11-15H2,1-5H3. The lowest BCUT2D eigenvalue weighted by atomic mass is 9.83. The summed E-state index contributed by atoms with van der Waals surface area (Å²) in [6.45, 7) is 8.13. The summed E-state index contributed by atoms with van der Waals surface area (Å²) in [6.07, 6.45) is 0.771. The molecule has 3 heterocycles. The fourth-order valence-electron chi connectivity index (χ4n) is 5.42. The van der Waals surface area contributed by atoms with Crippen molar-refractivity contribution < 1.29 is 27.5 Å². The molecular formula is C28H30Cl3N3O6S. The molecule has 9 nitrogen and oxygen atoms in total. The largest absolute Gasteiger partial charge is 0.442 e. The SMILES string of the molecule is CC(C)(C)OC(=O)N1N=C(c2ccc3c(c2)COC32CN(C(=O)CS(C)(=O)=O)C2)CC1(C)c1cc(Cl)c(Cl)c(Cl)c1. The predicted molar refractivity (Wildman–Crippen MR) is 157 cm³/mol. The summed E-state index contributed by atoms with van der Waals surface area (Å²) < 4.78 is 34.9. The zero-order valence-corrected chi connectivity index (χ0v) is 26.3. The molecule has 220 valence electrons. The molecule has 0 aromatic heterocycles. The molecule has 2 aromatic carbocycles. The van der Waals surface area contributed by atoms with Crippen LogP contribution in [0.25, 0.3) is 0 Å². The number of sulfone groups is 1. The van der Waals surface area contributed by atoms with Crippen molar-refractivity contribution in [3.8, 4) is 0 Å². The zero-order valence-electron chi connectivity index (χ0n) is 23.3. The highest BCUT2D eigenvalue weighted by Gasteiger charge is 2.52. The average molecular weight is 643 g/mol. The van der Waals surface area contributed by atoms with Crippen LogP contribution in [0.5, 0.6) is 0 Å². The molecule has 0 N–H and O–H groups in total. The van der Waals surface area contributed by atoms with Gasteiger partial charge in [-0.1, -0.05) is 46.9 Å². The Morgan fingerprint density at radius 2 is 1.73 bits per heavy atom. The topological polar surface area (TPSA) is 106 Å². The number of hydrazone groups is 1. The fourth-order valence-corrected chi connectivity index (χ4v) is 6.65. The van der Waals surface area contributed by atoms with Crippen LogP contribution >= 0.6 is 34.8 Å². The average Bonchev–Trinajstić information content (AvgIpc) is 3.38. The lowest BCUT2D eigenvalue weighted by molar-refractivity contribution is -0.166. The van der Waals surface area contributed by atoms with E-state index in [-0.39, 0.29) is 28.2 Å².